The van der Waals surface area contributed by atoms with E-state index < -0.39 is 18.0 Å². The van der Waals surface area contributed by atoms with E-state index >= 15 is 0 Å². The van der Waals surface area contributed by atoms with E-state index in [2.05, 4.69) is 124 Å². The lowest BCUT2D eigenvalue weighted by atomic mass is 9.86. The van der Waals surface area contributed by atoms with E-state index in [0.29, 0.717) is 64.5 Å². The lowest BCUT2D eigenvalue weighted by Crippen LogP contribution is -2.16. The lowest BCUT2D eigenvalue weighted by Gasteiger charge is -2.23. The summed E-state index contributed by atoms with van der Waals surface area (Å²) < 4.78 is 11.7. The Morgan fingerprint density at radius 3 is 1.53 bits per heavy atom. The molecule has 5 heterocycles. The van der Waals surface area contributed by atoms with Crippen LogP contribution in [0, 0.1) is 0 Å². The number of hydrogen-bond donors (Lipinski definition) is 5. The molecule has 0 radical (unpaired) electrons. The van der Waals surface area contributed by atoms with E-state index in [1.807, 2.05) is 181 Å². The number of para-hydroxylation sites is 2. The summed E-state index contributed by atoms with van der Waals surface area (Å²) in [5, 5.41) is 44.4. The first kappa shape index (κ1) is 79.5. The Kier molecular flexibility index (Phi) is 27.2. The molecule has 16 heteroatoms. The van der Waals surface area contributed by atoms with Crippen molar-refractivity contribution in [1.82, 2.24) is 15.0 Å². The largest absolute Gasteiger partial charge is 0.506 e. The number of aromatic carboxylic acids is 2. The summed E-state index contributed by atoms with van der Waals surface area (Å²) in [6.07, 6.45) is 5.31. The van der Waals surface area contributed by atoms with E-state index in [1.54, 1.807) is 42.7 Å². The maximum Gasteiger partial charge on any atom is 0.336 e. The van der Waals surface area contributed by atoms with Crippen LogP contribution in [0.2, 0.25) is 0 Å². The molecule has 0 saturated carbocycles. The fourth-order valence-electron chi connectivity index (χ4n) is 12.4. The molecule has 0 spiro atoms. The van der Waals surface area contributed by atoms with Crippen LogP contribution >= 0.6 is 11.8 Å². The molecule has 2 aliphatic rings. The fraction of sp³-hybridized carbons (Fsp3) is 0.283. The first-order chi connectivity index (χ1) is 51.7. The number of phenolic OH excluding ortho intramolecular Hbond substituents is 1. The second-order valence-electron chi connectivity index (χ2n) is 30.0. The number of aromatic hydroxyl groups is 1. The Hall–Kier alpha value is -11.1. The average Bonchev–Trinajstić information content (AvgIpc) is 1.27. The Morgan fingerprint density at radius 2 is 1.05 bits per heavy atom. The van der Waals surface area contributed by atoms with Gasteiger partial charge in [0.05, 0.1) is 58.6 Å². The number of benzene rings is 8. The molecule has 108 heavy (non-hydrogen) atoms. The minimum atomic E-state index is -1.02. The number of nitrogens with one attached hydrogen (secondary N) is 1. The van der Waals surface area contributed by atoms with Gasteiger partial charge in [0.15, 0.2) is 0 Å². The molecule has 0 aliphatic carbocycles. The first-order valence-corrected chi connectivity index (χ1v) is 37.7. The van der Waals surface area contributed by atoms with Gasteiger partial charge in [-0.15, -0.1) is 0 Å². The van der Waals surface area contributed by atoms with Gasteiger partial charge >= 0.3 is 11.9 Å². The number of aliphatic hydroxyl groups excluding tert-OH is 1. The van der Waals surface area contributed by atoms with Crippen LogP contribution < -0.4 is 5.32 Å². The molecule has 0 amide bonds. The summed E-state index contributed by atoms with van der Waals surface area (Å²) in [5.74, 6) is 0.653. The number of aromatic nitrogens is 3. The van der Waals surface area contributed by atoms with Crippen molar-refractivity contribution in [1.29, 1.82) is 0 Å². The number of rotatable bonds is 21. The van der Waals surface area contributed by atoms with Crippen LogP contribution in [-0.2, 0) is 33.1 Å². The number of carboxylic acid groups (broad SMARTS) is 2. The molecule has 0 fully saturated rings. The molecule has 5 N–H and O–H groups in total. The van der Waals surface area contributed by atoms with Crippen LogP contribution in [0.1, 0.15) is 207 Å². The van der Waals surface area contributed by atoms with Crippen molar-refractivity contribution < 1.29 is 39.5 Å². The second-order valence-corrected chi connectivity index (χ2v) is 31.1. The normalized spacial score (nSPS) is 14.6. The predicted octanol–water partition coefficient (Wildman–Crippen LogP) is 21.1. The van der Waals surface area contributed by atoms with Crippen LogP contribution in [0.25, 0.3) is 10.9 Å². The van der Waals surface area contributed by atoms with E-state index in [1.165, 1.54) is 39.6 Å². The van der Waals surface area contributed by atoms with Gasteiger partial charge in [0.25, 0.3) is 0 Å². The Bertz CT molecular complexity index is 4720. The van der Waals surface area contributed by atoms with Gasteiger partial charge in [-0.3, -0.25) is 9.98 Å². The van der Waals surface area contributed by atoms with Crippen molar-refractivity contribution in [3.63, 3.8) is 0 Å². The van der Waals surface area contributed by atoms with Gasteiger partial charge < -0.3 is 35.2 Å². The van der Waals surface area contributed by atoms with E-state index in [-0.39, 0.29) is 45.8 Å². The molecule has 0 saturated heterocycles. The van der Waals surface area contributed by atoms with Crippen molar-refractivity contribution in [3.05, 3.63) is 321 Å². The van der Waals surface area contributed by atoms with Crippen molar-refractivity contribution in [2.24, 2.45) is 15.0 Å². The number of pyridine rings is 3. The molecule has 15 nitrogen and oxygen atoms in total. The molecule has 556 valence electrons. The molecular weight excluding hydrogens is 1360 g/mol. The number of aliphatic imine (C=N–C) groups is 3. The third-order valence-corrected chi connectivity index (χ3v) is 19.8. The van der Waals surface area contributed by atoms with Gasteiger partial charge in [-0.25, -0.2) is 29.5 Å². The Balaban J connectivity index is 0.000000154. The van der Waals surface area contributed by atoms with E-state index in [9.17, 15) is 30.0 Å². The SMILES string of the molecule is CC(C)(C)c1ccc(Sc2ccc(C(C)(C)C)cc2C(=O)O)c(C(=O)O)c1.CC(C)c1ccc(NC(CC(O)c2ccccc2)c2ccccn2)cc1.CC(C)c1cccc(C(C)C)c1N=Cc1ccc2cccc(O)c2n1.c1ccc(CC2COC(c3cccc(C4=NC(Cc5ccccc5)CO4)n3)=N2)cc1. The Labute approximate surface area is 640 Å². The molecule has 4 unspecified atom stereocenters. The number of phenols is 1. The predicted molar refractivity (Wildman–Crippen MR) is 438 cm³/mol. The van der Waals surface area contributed by atoms with Crippen molar-refractivity contribution >= 4 is 64.0 Å². The molecule has 3 aromatic heterocycles. The van der Waals surface area contributed by atoms with Crippen molar-refractivity contribution in [2.75, 3.05) is 18.5 Å². The van der Waals surface area contributed by atoms with Crippen LogP contribution in [-0.4, -0.2) is 90.6 Å². The van der Waals surface area contributed by atoms with Gasteiger partial charge in [0, 0.05) is 33.5 Å². The van der Waals surface area contributed by atoms with E-state index in [0.717, 1.165) is 69.1 Å². The summed E-state index contributed by atoms with van der Waals surface area (Å²) in [6, 6.07) is 77.2. The van der Waals surface area contributed by atoms with Crippen LogP contribution in [0.3, 0.4) is 0 Å². The number of ether oxygens (including phenoxy) is 2. The zero-order valence-electron chi connectivity index (χ0n) is 63.8. The maximum absolute atomic E-state index is 11.8. The van der Waals surface area contributed by atoms with Gasteiger partial charge in [-0.2, -0.15) is 0 Å². The van der Waals surface area contributed by atoms with Crippen molar-refractivity contribution in [3.8, 4) is 5.75 Å². The highest BCUT2D eigenvalue weighted by atomic mass is 32.2. The zero-order chi connectivity index (χ0) is 77.1. The lowest BCUT2D eigenvalue weighted by molar-refractivity contribution is 0.0683. The third kappa shape index (κ3) is 22.0. The minimum absolute atomic E-state index is 0.0729. The summed E-state index contributed by atoms with van der Waals surface area (Å²) in [5.41, 5.74) is 14.9. The molecule has 4 atom stereocenters. The number of hydrogen-bond acceptors (Lipinski definition) is 14. The van der Waals surface area contributed by atoms with Gasteiger partial charge in [-0.1, -0.05) is 259 Å². The first-order valence-electron chi connectivity index (χ1n) is 36.9. The number of fused-ring (bicyclic) bond motifs is 1. The number of carbonyl (C=O) groups is 2. The van der Waals surface area contributed by atoms with Gasteiger partial charge in [0.1, 0.15) is 35.9 Å². The minimum Gasteiger partial charge on any atom is -0.506 e. The fourth-order valence-corrected chi connectivity index (χ4v) is 13.5. The standard InChI is InChI=1S/C25H23N3O2.C23H26N2O.C22H24N2O.C22H26O4S/c1-3-8-18(9-4-1)14-20-16-29-24(26-20)22-12-7-13-23(28-22)25-27-21(17-30-25)15-19-10-5-2-6-11-19;1-17(2)18-11-13-20(14-12-18)25-22(21-10-6-7-15-24-21)16-23(26)19-8-4-3-5-9-19;1-14(2)18-8-6-9-19(15(3)4)22(18)23-13-17-12-11-16-7-5-10-20(25)21(16)24-17;1-21(2,3)13-7-9-17(15(11-13)19(23)24)27-18-10-8-14(22(4,5)6)12-16(18)20(25)26/h1-13,20-21H,14-17H2;3-15,17,22-23,25-26H,16H2,1-2H3;5-15,25H,1-4H3;7-12H,1-6H3,(H,23,24)(H,25,26). The quantitative estimate of drug-likeness (QED) is 0.0423. The smallest absolute Gasteiger partial charge is 0.336 e. The highest BCUT2D eigenvalue weighted by molar-refractivity contribution is 7.99. The monoisotopic (exact) mass is 1460 g/mol. The zero-order valence-corrected chi connectivity index (χ0v) is 64.6. The topological polar surface area (TPSA) is 221 Å². The summed E-state index contributed by atoms with van der Waals surface area (Å²) in [7, 11) is 0. The van der Waals surface area contributed by atoms with E-state index in [4.69, 9.17) is 29.4 Å². The van der Waals surface area contributed by atoms with Crippen LogP contribution in [0.5, 0.6) is 5.75 Å². The summed E-state index contributed by atoms with van der Waals surface area (Å²) in [4.78, 5) is 52.6. The molecule has 13 rings (SSSR count). The maximum atomic E-state index is 11.8. The molecule has 2 aliphatic heterocycles. The second kappa shape index (κ2) is 37.0. The molecular formula is C92H99N7O8S. The highest BCUT2D eigenvalue weighted by Crippen LogP contribution is 2.39. The number of carboxylic acids is 2. The number of nitrogens with zero attached hydrogens (tertiary/aromatic N) is 6. The van der Waals surface area contributed by atoms with Crippen LogP contribution in [0.15, 0.2) is 268 Å². The van der Waals surface area contributed by atoms with Crippen LogP contribution in [0.4, 0.5) is 11.4 Å². The van der Waals surface area contributed by atoms with Crippen molar-refractivity contribution in [2.45, 2.75) is 165 Å². The highest BCUT2D eigenvalue weighted by Gasteiger charge is 2.27. The summed E-state index contributed by atoms with van der Waals surface area (Å²) >= 11 is 1.17. The molecule has 8 aromatic carbocycles. The number of aliphatic hydroxyl groups is 1. The molecule has 0 bridgehead atoms. The van der Waals surface area contributed by atoms with Gasteiger partial charge in [0.2, 0.25) is 11.8 Å². The third-order valence-electron chi connectivity index (χ3n) is 18.6. The molecule has 11 aromatic rings. The average molecular weight is 1460 g/mol. The number of anilines is 1. The summed E-state index contributed by atoms with van der Waals surface area (Å²) in [6.45, 7) is 26.4. The van der Waals surface area contributed by atoms with Gasteiger partial charge in [-0.05, 0) is 159 Å². The Morgan fingerprint density at radius 1 is 0.546 bits per heavy atom.